The van der Waals surface area contributed by atoms with Crippen molar-refractivity contribution in [3.8, 4) is 17.2 Å². The van der Waals surface area contributed by atoms with Crippen molar-refractivity contribution in [2.24, 2.45) is 16.1 Å². The molecule has 1 aliphatic rings. The molecular weight excluding hydrogens is 478 g/mol. The molecule has 3 aromatic rings. The lowest BCUT2D eigenvalue weighted by atomic mass is 10.1. The summed E-state index contributed by atoms with van der Waals surface area (Å²) in [7, 11) is 1.59. The van der Waals surface area contributed by atoms with Gasteiger partial charge in [-0.1, -0.05) is 32.0 Å². The van der Waals surface area contributed by atoms with Gasteiger partial charge in [0.2, 0.25) is 0 Å². The molecule has 0 bridgehead atoms. The molecule has 4 rings (SSSR count). The number of amidine groups is 1. The lowest BCUT2D eigenvalue weighted by Crippen LogP contribution is -2.28. The molecule has 1 amide bonds. The van der Waals surface area contributed by atoms with E-state index in [9.17, 15) is 9.90 Å². The Bertz CT molecular complexity index is 1300. The molecule has 186 valence electrons. The number of phenolic OH excluding ortho intramolecular Hbond substituents is 1. The predicted octanol–water partition coefficient (Wildman–Crippen LogP) is 5.54. The molecule has 8 nitrogen and oxygen atoms in total. The van der Waals surface area contributed by atoms with Gasteiger partial charge in [-0.2, -0.15) is 5.10 Å². The molecule has 0 radical (unpaired) electrons. The van der Waals surface area contributed by atoms with E-state index in [0.717, 1.165) is 5.56 Å². The molecule has 9 heteroatoms. The standard InChI is InChI=1S/C27H27N3O5S/c1-18(2)17-35-23-11-10-19(13-24(23)33-3)14-25-26(32)30(16-21-8-6-12-34-21)27(36-25)29-28-15-20-7-4-5-9-22(20)31/h4-15,18,31H,16-17H2,1-3H3/b25-14-,28-15-,29-27+. The average molecular weight is 506 g/mol. The summed E-state index contributed by atoms with van der Waals surface area (Å²) < 4.78 is 16.8. The SMILES string of the molecule is COc1cc(/C=C2\S/C(=N/N=C\c3ccccc3O)N(Cc3ccco3)C2=O)ccc1OCC(C)C. The molecular formula is C27H27N3O5S. The maximum atomic E-state index is 13.3. The van der Waals surface area contributed by atoms with Crippen molar-refractivity contribution in [1.29, 1.82) is 0 Å². The van der Waals surface area contributed by atoms with E-state index in [4.69, 9.17) is 13.9 Å². The number of thioether (sulfide) groups is 1. The summed E-state index contributed by atoms with van der Waals surface area (Å²) in [6.45, 7) is 4.95. The van der Waals surface area contributed by atoms with Crippen LogP contribution in [-0.2, 0) is 11.3 Å². The van der Waals surface area contributed by atoms with E-state index in [-0.39, 0.29) is 18.2 Å². The molecule has 2 heterocycles. The van der Waals surface area contributed by atoms with Gasteiger partial charge in [0.05, 0.1) is 37.6 Å². The summed E-state index contributed by atoms with van der Waals surface area (Å²) >= 11 is 1.21. The van der Waals surface area contributed by atoms with Gasteiger partial charge < -0.3 is 19.0 Å². The molecule has 0 unspecified atom stereocenters. The number of amides is 1. The third kappa shape index (κ3) is 6.17. The minimum atomic E-state index is -0.216. The van der Waals surface area contributed by atoms with Gasteiger partial charge >= 0.3 is 0 Å². The largest absolute Gasteiger partial charge is 0.507 e. The number of furan rings is 1. The summed E-state index contributed by atoms with van der Waals surface area (Å²) in [5, 5.41) is 18.7. The molecule has 1 aliphatic heterocycles. The number of phenols is 1. The van der Waals surface area contributed by atoms with E-state index in [1.165, 1.54) is 22.9 Å². The number of aromatic hydroxyl groups is 1. The van der Waals surface area contributed by atoms with Gasteiger partial charge in [0.25, 0.3) is 5.91 Å². The second-order valence-electron chi connectivity index (χ2n) is 8.38. The molecule has 2 aromatic carbocycles. The van der Waals surface area contributed by atoms with Gasteiger partial charge in [0.15, 0.2) is 16.7 Å². The van der Waals surface area contributed by atoms with Crippen molar-refractivity contribution in [3.63, 3.8) is 0 Å². The first-order chi connectivity index (χ1) is 17.4. The average Bonchev–Trinajstić information content (AvgIpc) is 3.48. The van der Waals surface area contributed by atoms with Crippen molar-refractivity contribution in [2.45, 2.75) is 20.4 Å². The normalized spacial score (nSPS) is 16.1. The lowest BCUT2D eigenvalue weighted by Gasteiger charge is -2.13. The van der Waals surface area contributed by atoms with E-state index < -0.39 is 0 Å². The predicted molar refractivity (Wildman–Crippen MR) is 141 cm³/mol. The number of carbonyl (C=O) groups excluding carboxylic acids is 1. The Labute approximate surface area is 213 Å². The molecule has 1 aromatic heterocycles. The Kier molecular flexibility index (Phi) is 8.12. The summed E-state index contributed by atoms with van der Waals surface area (Å²) in [5.74, 6) is 2.13. The highest BCUT2D eigenvalue weighted by Gasteiger charge is 2.34. The topological polar surface area (TPSA) is 96.9 Å². The van der Waals surface area contributed by atoms with Crippen LogP contribution in [0, 0.1) is 5.92 Å². The second kappa shape index (κ2) is 11.6. The second-order valence-corrected chi connectivity index (χ2v) is 9.39. The highest BCUT2D eigenvalue weighted by molar-refractivity contribution is 8.18. The number of nitrogens with zero attached hydrogens (tertiary/aromatic N) is 3. The summed E-state index contributed by atoms with van der Waals surface area (Å²) in [4.78, 5) is 15.3. The van der Waals surface area contributed by atoms with Crippen molar-refractivity contribution in [3.05, 3.63) is 82.7 Å². The fourth-order valence-electron chi connectivity index (χ4n) is 3.32. The zero-order chi connectivity index (χ0) is 25.5. The van der Waals surface area contributed by atoms with Crippen LogP contribution in [0.2, 0.25) is 0 Å². The van der Waals surface area contributed by atoms with Gasteiger partial charge in [-0.15, -0.1) is 5.10 Å². The van der Waals surface area contributed by atoms with Crippen LogP contribution in [0.3, 0.4) is 0 Å². The van der Waals surface area contributed by atoms with Crippen LogP contribution in [0.5, 0.6) is 17.2 Å². The zero-order valence-electron chi connectivity index (χ0n) is 20.2. The van der Waals surface area contributed by atoms with Gasteiger partial charge in [0, 0.05) is 5.56 Å². The van der Waals surface area contributed by atoms with Crippen LogP contribution in [0.4, 0.5) is 0 Å². The number of hydrogen-bond acceptors (Lipinski definition) is 8. The number of hydrogen-bond donors (Lipinski definition) is 1. The first-order valence-electron chi connectivity index (χ1n) is 11.4. The lowest BCUT2D eigenvalue weighted by molar-refractivity contribution is -0.122. The third-order valence-corrected chi connectivity index (χ3v) is 6.11. The maximum Gasteiger partial charge on any atom is 0.267 e. The Morgan fingerprint density at radius 1 is 1.14 bits per heavy atom. The zero-order valence-corrected chi connectivity index (χ0v) is 21.1. The maximum absolute atomic E-state index is 13.3. The van der Waals surface area contributed by atoms with E-state index in [2.05, 4.69) is 24.1 Å². The van der Waals surface area contributed by atoms with E-state index >= 15 is 0 Å². The van der Waals surface area contributed by atoms with Gasteiger partial charge in [-0.25, -0.2) is 0 Å². The van der Waals surface area contributed by atoms with E-state index in [1.807, 2.05) is 18.2 Å². The number of carbonyl (C=O) groups is 1. The van der Waals surface area contributed by atoms with Gasteiger partial charge in [0.1, 0.15) is 11.5 Å². The smallest absolute Gasteiger partial charge is 0.267 e. The summed E-state index contributed by atoms with van der Waals surface area (Å²) in [6, 6.07) is 15.9. The Hall–Kier alpha value is -3.98. The number of para-hydroxylation sites is 1. The Morgan fingerprint density at radius 3 is 2.69 bits per heavy atom. The molecule has 0 saturated carbocycles. The molecule has 1 N–H and O–H groups in total. The van der Waals surface area contributed by atoms with Crippen LogP contribution < -0.4 is 9.47 Å². The first kappa shape index (κ1) is 25.1. The minimum Gasteiger partial charge on any atom is -0.507 e. The van der Waals surface area contributed by atoms with E-state index in [0.29, 0.717) is 45.4 Å². The number of methoxy groups -OCH3 is 1. The van der Waals surface area contributed by atoms with Crippen LogP contribution in [0.25, 0.3) is 6.08 Å². The van der Waals surface area contributed by atoms with Crippen molar-refractivity contribution in [2.75, 3.05) is 13.7 Å². The summed E-state index contributed by atoms with van der Waals surface area (Å²) in [5.41, 5.74) is 1.31. The molecule has 36 heavy (non-hydrogen) atoms. The molecule has 0 aliphatic carbocycles. The van der Waals surface area contributed by atoms with E-state index in [1.54, 1.807) is 55.8 Å². The number of ether oxygens (including phenoxy) is 2. The molecule has 1 fully saturated rings. The Morgan fingerprint density at radius 2 is 1.97 bits per heavy atom. The van der Waals surface area contributed by atoms with Crippen LogP contribution in [0.1, 0.15) is 30.7 Å². The highest BCUT2D eigenvalue weighted by Crippen LogP contribution is 2.36. The van der Waals surface area contributed by atoms with Crippen molar-refractivity contribution < 1.29 is 23.8 Å². The van der Waals surface area contributed by atoms with Crippen LogP contribution in [0.15, 0.2) is 80.4 Å². The first-order valence-corrected chi connectivity index (χ1v) is 12.2. The Balaban J connectivity index is 1.60. The fourth-order valence-corrected chi connectivity index (χ4v) is 4.25. The monoisotopic (exact) mass is 505 g/mol. The molecule has 0 spiro atoms. The fraction of sp³-hybridized carbons (Fsp3) is 0.222. The van der Waals surface area contributed by atoms with Crippen LogP contribution >= 0.6 is 11.8 Å². The quantitative estimate of drug-likeness (QED) is 0.233. The number of rotatable bonds is 9. The highest BCUT2D eigenvalue weighted by atomic mass is 32.2. The van der Waals surface area contributed by atoms with Crippen molar-refractivity contribution in [1.82, 2.24) is 4.90 Å². The van der Waals surface area contributed by atoms with Crippen molar-refractivity contribution >= 4 is 35.1 Å². The van der Waals surface area contributed by atoms with Crippen LogP contribution in [-0.4, -0.2) is 41.0 Å². The summed E-state index contributed by atoms with van der Waals surface area (Å²) in [6.07, 6.45) is 4.79. The third-order valence-electron chi connectivity index (χ3n) is 5.12. The number of benzene rings is 2. The van der Waals surface area contributed by atoms with Gasteiger partial charge in [-0.3, -0.25) is 9.69 Å². The molecule has 1 saturated heterocycles. The van der Waals surface area contributed by atoms with Gasteiger partial charge in [-0.05, 0) is 65.7 Å². The molecule has 0 atom stereocenters. The minimum absolute atomic E-state index is 0.0967.